The zero-order chi connectivity index (χ0) is 14.8. The van der Waals surface area contributed by atoms with Crippen LogP contribution in [0.15, 0.2) is 0 Å². The number of rotatable bonds is 7. The topological polar surface area (TPSA) is 35.5 Å². The van der Waals surface area contributed by atoms with E-state index in [0.717, 1.165) is 32.0 Å². The highest BCUT2D eigenvalue weighted by atomic mass is 16.3. The van der Waals surface area contributed by atoms with E-state index in [1.807, 2.05) is 0 Å². The average Bonchev–Trinajstić information content (AvgIpc) is 3.19. The van der Waals surface area contributed by atoms with Crippen LogP contribution in [0.25, 0.3) is 0 Å². The molecule has 21 heavy (non-hydrogen) atoms. The first kappa shape index (κ1) is 15.8. The molecular formula is C18H34N2O. The molecule has 3 aliphatic rings. The van der Waals surface area contributed by atoms with E-state index >= 15 is 0 Å². The van der Waals surface area contributed by atoms with Crippen LogP contribution < -0.4 is 5.32 Å². The Kier molecular flexibility index (Phi) is 4.92. The molecular weight excluding hydrogens is 260 g/mol. The first-order valence-corrected chi connectivity index (χ1v) is 9.24. The van der Waals surface area contributed by atoms with Gasteiger partial charge in [0.2, 0.25) is 0 Å². The third-order valence-electron chi connectivity index (χ3n) is 5.96. The SMILES string of the molecule is CN(CC1(O)CCCC1)CC1(CNC2CC2)CCCCC1. The predicted octanol–water partition coefficient (Wildman–Crippen LogP) is 2.93. The van der Waals surface area contributed by atoms with Crippen LogP contribution >= 0.6 is 0 Å². The van der Waals surface area contributed by atoms with Crippen molar-refractivity contribution in [3.63, 3.8) is 0 Å². The molecule has 0 bridgehead atoms. The van der Waals surface area contributed by atoms with Crippen molar-refractivity contribution in [3.8, 4) is 0 Å². The molecule has 122 valence electrons. The second-order valence-electron chi connectivity index (χ2n) is 8.32. The molecule has 0 amide bonds. The van der Waals surface area contributed by atoms with Crippen molar-refractivity contribution in [1.29, 1.82) is 0 Å². The molecule has 3 fully saturated rings. The van der Waals surface area contributed by atoms with Crippen LogP contribution in [0.2, 0.25) is 0 Å². The summed E-state index contributed by atoms with van der Waals surface area (Å²) in [4.78, 5) is 2.44. The highest BCUT2D eigenvalue weighted by Crippen LogP contribution is 2.38. The van der Waals surface area contributed by atoms with Crippen molar-refractivity contribution >= 4 is 0 Å². The number of hydrogen-bond acceptors (Lipinski definition) is 3. The molecule has 3 heteroatoms. The normalized spacial score (nSPS) is 28.1. The summed E-state index contributed by atoms with van der Waals surface area (Å²) in [6.45, 7) is 3.23. The zero-order valence-corrected chi connectivity index (χ0v) is 13.9. The Morgan fingerprint density at radius 3 is 2.19 bits per heavy atom. The second-order valence-corrected chi connectivity index (χ2v) is 8.32. The molecule has 0 aromatic carbocycles. The Bertz CT molecular complexity index is 328. The Labute approximate surface area is 130 Å². The van der Waals surface area contributed by atoms with Gasteiger partial charge in [-0.05, 0) is 51.0 Å². The fourth-order valence-electron chi connectivity index (χ4n) is 4.66. The predicted molar refractivity (Wildman–Crippen MR) is 87.5 cm³/mol. The fourth-order valence-corrected chi connectivity index (χ4v) is 4.66. The lowest BCUT2D eigenvalue weighted by Crippen LogP contribution is -2.48. The Hall–Kier alpha value is -0.120. The summed E-state index contributed by atoms with van der Waals surface area (Å²) < 4.78 is 0. The van der Waals surface area contributed by atoms with Crippen molar-refractivity contribution in [3.05, 3.63) is 0 Å². The third-order valence-corrected chi connectivity index (χ3v) is 5.96. The van der Waals surface area contributed by atoms with E-state index in [-0.39, 0.29) is 0 Å². The van der Waals surface area contributed by atoms with Gasteiger partial charge in [-0.15, -0.1) is 0 Å². The summed E-state index contributed by atoms with van der Waals surface area (Å²) in [7, 11) is 2.23. The minimum absolute atomic E-state index is 0.394. The number of nitrogens with one attached hydrogen (secondary N) is 1. The van der Waals surface area contributed by atoms with Gasteiger partial charge >= 0.3 is 0 Å². The summed E-state index contributed by atoms with van der Waals surface area (Å²) in [6, 6.07) is 0.813. The molecule has 3 aliphatic carbocycles. The van der Waals surface area contributed by atoms with Crippen LogP contribution in [0, 0.1) is 5.41 Å². The third kappa shape index (κ3) is 4.43. The van der Waals surface area contributed by atoms with Crippen molar-refractivity contribution in [2.75, 3.05) is 26.7 Å². The molecule has 0 aliphatic heterocycles. The number of likely N-dealkylation sites (N-methyl/N-ethyl adjacent to an activating group) is 1. The van der Waals surface area contributed by atoms with Crippen LogP contribution in [-0.2, 0) is 0 Å². The minimum Gasteiger partial charge on any atom is -0.389 e. The first-order chi connectivity index (χ1) is 10.1. The average molecular weight is 294 g/mol. The Morgan fingerprint density at radius 2 is 1.57 bits per heavy atom. The lowest BCUT2D eigenvalue weighted by atomic mass is 9.73. The van der Waals surface area contributed by atoms with Crippen molar-refractivity contribution in [1.82, 2.24) is 10.2 Å². The van der Waals surface area contributed by atoms with Crippen molar-refractivity contribution in [2.45, 2.75) is 82.3 Å². The molecule has 0 radical (unpaired) electrons. The molecule has 3 saturated carbocycles. The maximum absolute atomic E-state index is 10.6. The standard InChI is InChI=1S/C18H34N2O/c1-20(15-18(21)11-5-6-12-18)14-17(9-3-2-4-10-17)13-19-16-7-8-16/h16,19,21H,2-15H2,1H3. The van der Waals surface area contributed by atoms with E-state index in [1.54, 1.807) is 0 Å². The van der Waals surface area contributed by atoms with Crippen LogP contribution in [0.4, 0.5) is 0 Å². The molecule has 0 aromatic rings. The van der Waals surface area contributed by atoms with Crippen LogP contribution in [-0.4, -0.2) is 48.3 Å². The molecule has 0 spiro atoms. The Balaban J connectivity index is 1.54. The van der Waals surface area contributed by atoms with Gasteiger partial charge in [0.15, 0.2) is 0 Å². The lowest BCUT2D eigenvalue weighted by molar-refractivity contribution is 0.000528. The molecule has 0 unspecified atom stereocenters. The number of hydrogen-bond donors (Lipinski definition) is 2. The Morgan fingerprint density at radius 1 is 0.952 bits per heavy atom. The maximum atomic E-state index is 10.6. The summed E-state index contributed by atoms with van der Waals surface area (Å²) in [5.74, 6) is 0. The van der Waals surface area contributed by atoms with E-state index in [2.05, 4.69) is 17.3 Å². The zero-order valence-electron chi connectivity index (χ0n) is 13.9. The van der Waals surface area contributed by atoms with Gasteiger partial charge in [-0.3, -0.25) is 0 Å². The second kappa shape index (κ2) is 6.55. The fraction of sp³-hybridized carbons (Fsp3) is 1.00. The van der Waals surface area contributed by atoms with Gasteiger partial charge in [0.05, 0.1) is 5.60 Å². The smallest absolute Gasteiger partial charge is 0.0774 e. The summed E-state index contributed by atoms with van der Waals surface area (Å²) >= 11 is 0. The van der Waals surface area contributed by atoms with E-state index in [4.69, 9.17) is 0 Å². The monoisotopic (exact) mass is 294 g/mol. The summed E-state index contributed by atoms with van der Waals surface area (Å²) in [5.41, 5.74) is 0.0685. The van der Waals surface area contributed by atoms with Gasteiger partial charge in [-0.1, -0.05) is 32.1 Å². The van der Waals surface area contributed by atoms with Gasteiger partial charge in [-0.2, -0.15) is 0 Å². The molecule has 2 N–H and O–H groups in total. The number of aliphatic hydroxyl groups is 1. The number of nitrogens with zero attached hydrogens (tertiary/aromatic N) is 1. The van der Waals surface area contributed by atoms with E-state index in [9.17, 15) is 5.11 Å². The maximum Gasteiger partial charge on any atom is 0.0774 e. The van der Waals surface area contributed by atoms with E-state index < -0.39 is 5.60 Å². The lowest BCUT2D eigenvalue weighted by Gasteiger charge is -2.42. The van der Waals surface area contributed by atoms with Crippen LogP contribution in [0.5, 0.6) is 0 Å². The van der Waals surface area contributed by atoms with Crippen LogP contribution in [0.1, 0.15) is 70.6 Å². The summed E-state index contributed by atoms with van der Waals surface area (Å²) in [5, 5.41) is 14.4. The van der Waals surface area contributed by atoms with Gasteiger partial charge in [0, 0.05) is 25.7 Å². The summed E-state index contributed by atoms with van der Waals surface area (Å²) in [6.07, 6.45) is 14.1. The van der Waals surface area contributed by atoms with Crippen molar-refractivity contribution < 1.29 is 5.11 Å². The molecule has 0 aromatic heterocycles. The first-order valence-electron chi connectivity index (χ1n) is 9.24. The highest BCUT2D eigenvalue weighted by Gasteiger charge is 2.38. The van der Waals surface area contributed by atoms with Gasteiger partial charge < -0.3 is 15.3 Å². The minimum atomic E-state index is -0.394. The molecule has 0 saturated heterocycles. The van der Waals surface area contributed by atoms with E-state index in [0.29, 0.717) is 5.41 Å². The highest BCUT2D eigenvalue weighted by molar-refractivity contribution is 4.93. The molecule has 0 atom stereocenters. The molecule has 3 rings (SSSR count). The largest absolute Gasteiger partial charge is 0.389 e. The molecule has 0 heterocycles. The van der Waals surface area contributed by atoms with Gasteiger partial charge in [0.25, 0.3) is 0 Å². The van der Waals surface area contributed by atoms with Gasteiger partial charge in [-0.25, -0.2) is 0 Å². The molecule has 3 nitrogen and oxygen atoms in total. The van der Waals surface area contributed by atoms with Crippen LogP contribution in [0.3, 0.4) is 0 Å². The van der Waals surface area contributed by atoms with Crippen molar-refractivity contribution in [2.24, 2.45) is 5.41 Å². The van der Waals surface area contributed by atoms with Gasteiger partial charge in [0.1, 0.15) is 0 Å². The quantitative estimate of drug-likeness (QED) is 0.758. The van der Waals surface area contributed by atoms with E-state index in [1.165, 1.54) is 64.3 Å².